The summed E-state index contributed by atoms with van der Waals surface area (Å²) in [6, 6.07) is 5.70. The molecule has 0 aliphatic heterocycles. The van der Waals surface area contributed by atoms with Crippen molar-refractivity contribution in [1.82, 2.24) is 4.98 Å². The van der Waals surface area contributed by atoms with Crippen LogP contribution in [-0.2, 0) is 4.79 Å². The van der Waals surface area contributed by atoms with Gasteiger partial charge in [-0.15, -0.1) is 11.3 Å². The second-order valence-electron chi connectivity index (χ2n) is 3.09. The molecule has 0 aliphatic carbocycles. The van der Waals surface area contributed by atoms with Crippen LogP contribution >= 0.6 is 27.3 Å². The topological polar surface area (TPSA) is 66.4 Å². The number of aldehydes is 1. The van der Waals surface area contributed by atoms with Crippen molar-refractivity contribution in [3.63, 3.8) is 0 Å². The fourth-order valence-corrected chi connectivity index (χ4v) is 2.83. The van der Waals surface area contributed by atoms with Gasteiger partial charge >= 0.3 is 0 Å². The summed E-state index contributed by atoms with van der Waals surface area (Å²) in [6.07, 6.45) is 1.87. The molecule has 2 aromatic rings. The first kappa shape index (κ1) is 11.1. The number of carbonyl (C=O) groups is 1. The largest absolute Gasteiger partial charge is 0.362 e. The third kappa shape index (κ3) is 2.09. The Hall–Kier alpha value is -1.36. The summed E-state index contributed by atoms with van der Waals surface area (Å²) in [5, 5.41) is 0.626. The first-order valence-corrected chi connectivity index (χ1v) is 6.04. The van der Waals surface area contributed by atoms with E-state index in [-0.39, 0.29) is 0 Å². The number of fused-ring (bicyclic) bond motifs is 1. The van der Waals surface area contributed by atoms with Crippen LogP contribution in [0.4, 0.5) is 0 Å². The molecule has 2 rings (SSSR count). The Bertz CT molecular complexity index is 589. The summed E-state index contributed by atoms with van der Waals surface area (Å²) in [5.74, 6) is -0.582. The molecular formula is C10H6BrN3OS. The molecule has 1 atom stereocenters. The summed E-state index contributed by atoms with van der Waals surface area (Å²) in [4.78, 5) is 18.0. The number of hydrogen-bond acceptors (Lipinski definition) is 3. The number of benzene rings is 1. The molecule has 0 aliphatic rings. The van der Waals surface area contributed by atoms with Gasteiger partial charge in [0.1, 0.15) is 11.3 Å². The standard InChI is InChI=1S/C10H6BrN3OS/c11-7-1-2-8-9(3-7)16-10(14-8)6(5-15)4-13-12/h1-6H. The highest BCUT2D eigenvalue weighted by Gasteiger charge is 2.17. The van der Waals surface area contributed by atoms with Gasteiger partial charge in [0.05, 0.1) is 10.2 Å². The van der Waals surface area contributed by atoms with Crippen LogP contribution in [0.1, 0.15) is 10.9 Å². The minimum absolute atomic E-state index is 0.582. The van der Waals surface area contributed by atoms with Gasteiger partial charge in [-0.1, -0.05) is 15.9 Å². The predicted octanol–water partition coefficient (Wildman–Crippen LogP) is 2.64. The molecule has 0 bridgehead atoms. The maximum absolute atomic E-state index is 10.8. The average Bonchev–Trinajstić information content (AvgIpc) is 2.68. The molecule has 1 unspecified atom stereocenters. The monoisotopic (exact) mass is 295 g/mol. The Morgan fingerprint density at radius 3 is 3.06 bits per heavy atom. The van der Waals surface area contributed by atoms with Crippen LogP contribution < -0.4 is 0 Å². The molecule has 0 N–H and O–H groups in total. The summed E-state index contributed by atoms with van der Waals surface area (Å²) in [6.45, 7) is 0. The minimum atomic E-state index is -0.582. The van der Waals surface area contributed by atoms with E-state index in [1.54, 1.807) is 0 Å². The third-order valence-corrected chi connectivity index (χ3v) is 3.64. The normalized spacial score (nSPS) is 12.1. The Kier molecular flexibility index (Phi) is 3.24. The third-order valence-electron chi connectivity index (χ3n) is 2.03. The summed E-state index contributed by atoms with van der Waals surface area (Å²) in [7, 11) is 0. The molecule has 1 aromatic carbocycles. The van der Waals surface area contributed by atoms with Crippen LogP contribution in [0, 0.1) is 0 Å². The van der Waals surface area contributed by atoms with Gasteiger partial charge in [-0.25, -0.2) is 4.98 Å². The van der Waals surface area contributed by atoms with Crippen molar-refractivity contribution in [2.24, 2.45) is 0 Å². The molecule has 1 aromatic heterocycles. The van der Waals surface area contributed by atoms with Gasteiger partial charge in [0, 0.05) is 4.47 Å². The number of nitrogens with zero attached hydrogens (tertiary/aromatic N) is 3. The molecule has 0 radical (unpaired) electrons. The van der Waals surface area contributed by atoms with Crippen molar-refractivity contribution in [2.45, 2.75) is 5.92 Å². The average molecular weight is 296 g/mol. The quantitative estimate of drug-likeness (QED) is 0.378. The van der Waals surface area contributed by atoms with Crippen LogP contribution in [0.2, 0.25) is 0 Å². The van der Waals surface area contributed by atoms with Gasteiger partial charge in [0.25, 0.3) is 6.21 Å². The number of hydrogen-bond donors (Lipinski definition) is 0. The Labute approximate surface area is 104 Å². The Morgan fingerprint density at radius 2 is 2.38 bits per heavy atom. The van der Waals surface area contributed by atoms with E-state index in [1.807, 2.05) is 18.2 Å². The van der Waals surface area contributed by atoms with Gasteiger partial charge in [0.2, 0.25) is 0 Å². The van der Waals surface area contributed by atoms with E-state index in [0.717, 1.165) is 14.7 Å². The highest BCUT2D eigenvalue weighted by atomic mass is 79.9. The fourth-order valence-electron chi connectivity index (χ4n) is 1.29. The molecular weight excluding hydrogens is 290 g/mol. The summed E-state index contributed by atoms with van der Waals surface area (Å²) >= 11 is 4.78. The van der Waals surface area contributed by atoms with Crippen LogP contribution in [0.3, 0.4) is 0 Å². The lowest BCUT2D eigenvalue weighted by molar-refractivity contribution is -0.108. The molecule has 4 nitrogen and oxygen atoms in total. The second kappa shape index (κ2) is 4.65. The number of thiazole rings is 1. The number of carbonyl (C=O) groups excluding carboxylic acids is 1. The SMILES string of the molecule is [N-]=[N+]=CC(C=O)c1nc2ccc(Br)cc2s1. The van der Waals surface area contributed by atoms with Crippen LogP contribution in [-0.4, -0.2) is 22.3 Å². The minimum Gasteiger partial charge on any atom is -0.362 e. The molecule has 0 spiro atoms. The fraction of sp³-hybridized carbons (Fsp3) is 0.100. The molecule has 0 amide bonds. The lowest BCUT2D eigenvalue weighted by atomic mass is 10.2. The first-order valence-electron chi connectivity index (χ1n) is 4.43. The van der Waals surface area contributed by atoms with Gasteiger partial charge < -0.3 is 10.3 Å². The molecule has 0 fully saturated rings. The van der Waals surface area contributed by atoms with Crippen LogP contribution in [0.5, 0.6) is 0 Å². The van der Waals surface area contributed by atoms with Crippen molar-refractivity contribution in [3.05, 3.63) is 33.2 Å². The van der Waals surface area contributed by atoms with Gasteiger partial charge in [-0.3, -0.25) is 0 Å². The van der Waals surface area contributed by atoms with E-state index in [2.05, 4.69) is 25.7 Å². The van der Waals surface area contributed by atoms with E-state index < -0.39 is 5.92 Å². The maximum atomic E-state index is 10.8. The number of rotatable bonds is 3. The molecule has 0 saturated heterocycles. The highest BCUT2D eigenvalue weighted by Crippen LogP contribution is 2.28. The molecule has 80 valence electrons. The van der Waals surface area contributed by atoms with E-state index in [0.29, 0.717) is 11.3 Å². The van der Waals surface area contributed by atoms with Crippen molar-refractivity contribution in [2.75, 3.05) is 0 Å². The van der Waals surface area contributed by atoms with Crippen molar-refractivity contribution in [3.8, 4) is 0 Å². The Balaban J connectivity index is 2.53. The van der Waals surface area contributed by atoms with E-state index in [4.69, 9.17) is 5.53 Å². The van der Waals surface area contributed by atoms with Gasteiger partial charge in [-0.05, 0) is 18.2 Å². The van der Waals surface area contributed by atoms with Gasteiger partial charge in [0.15, 0.2) is 5.92 Å². The van der Waals surface area contributed by atoms with Crippen LogP contribution in [0.15, 0.2) is 22.7 Å². The number of halogens is 1. The second-order valence-corrected chi connectivity index (χ2v) is 5.07. The van der Waals surface area contributed by atoms with Crippen molar-refractivity contribution in [1.29, 1.82) is 0 Å². The van der Waals surface area contributed by atoms with E-state index in [9.17, 15) is 4.79 Å². The smallest absolute Gasteiger partial charge is 0.274 e. The lowest BCUT2D eigenvalue weighted by Crippen LogP contribution is -2.01. The first-order chi connectivity index (χ1) is 7.74. The number of aromatic nitrogens is 1. The molecule has 16 heavy (non-hydrogen) atoms. The highest BCUT2D eigenvalue weighted by molar-refractivity contribution is 9.10. The molecule has 1 heterocycles. The van der Waals surface area contributed by atoms with E-state index in [1.165, 1.54) is 17.6 Å². The van der Waals surface area contributed by atoms with Crippen molar-refractivity contribution >= 4 is 50.0 Å². The van der Waals surface area contributed by atoms with Crippen molar-refractivity contribution < 1.29 is 9.58 Å². The zero-order valence-corrected chi connectivity index (χ0v) is 10.4. The summed E-state index contributed by atoms with van der Waals surface area (Å²) < 4.78 is 1.95. The van der Waals surface area contributed by atoms with Crippen LogP contribution in [0.25, 0.3) is 15.7 Å². The predicted molar refractivity (Wildman–Crippen MR) is 65.8 cm³/mol. The maximum Gasteiger partial charge on any atom is 0.274 e. The zero-order valence-electron chi connectivity index (χ0n) is 8.00. The lowest BCUT2D eigenvalue weighted by Gasteiger charge is -1.90. The zero-order chi connectivity index (χ0) is 11.5. The molecule has 6 heteroatoms. The van der Waals surface area contributed by atoms with Gasteiger partial charge in [-0.2, -0.15) is 4.79 Å². The summed E-state index contributed by atoms with van der Waals surface area (Å²) in [5.41, 5.74) is 9.26. The Morgan fingerprint density at radius 1 is 1.56 bits per heavy atom. The molecule has 0 saturated carbocycles. The van der Waals surface area contributed by atoms with E-state index >= 15 is 0 Å².